The number of hydrogen-bond donors (Lipinski definition) is 2. The predicted molar refractivity (Wildman–Crippen MR) is 29.6 cm³/mol. The van der Waals surface area contributed by atoms with Crippen LogP contribution in [0, 0.1) is 0 Å². The van der Waals surface area contributed by atoms with E-state index in [0.29, 0.717) is 16.3 Å². The fraction of sp³-hybridized carbons (Fsp3) is 0.333. The molecule has 4 nitrogen and oxygen atoms in total. The van der Waals surface area contributed by atoms with Crippen molar-refractivity contribution in [2.75, 3.05) is 6.54 Å². The monoisotopic (exact) mass is 131 g/mol. The van der Waals surface area contributed by atoms with Gasteiger partial charge >= 0.3 is 22.3 Å². The third kappa shape index (κ3) is 5.47. The molecule has 0 aromatic carbocycles. The first kappa shape index (κ1) is 7.47. The van der Waals surface area contributed by atoms with Gasteiger partial charge in [0.25, 0.3) is 0 Å². The summed E-state index contributed by atoms with van der Waals surface area (Å²) in [7, 11) is 0. The van der Waals surface area contributed by atoms with Crippen LogP contribution in [-0.2, 0) is 4.79 Å². The lowest BCUT2D eigenvalue weighted by Crippen LogP contribution is -2.27. The molecule has 0 atom stereocenters. The number of hydrogen-bond acceptors (Lipinski definition) is 2. The van der Waals surface area contributed by atoms with Crippen molar-refractivity contribution in [2.24, 2.45) is 0 Å². The van der Waals surface area contributed by atoms with Gasteiger partial charge in [-0.15, -0.1) is 0 Å². The van der Waals surface area contributed by atoms with Crippen LogP contribution in [0.5, 0.6) is 0 Å². The Balaban J connectivity index is 3.18. The highest BCUT2D eigenvalue weighted by Gasteiger charge is 1.94. The van der Waals surface area contributed by atoms with Gasteiger partial charge in [-0.1, -0.05) is 0 Å². The summed E-state index contributed by atoms with van der Waals surface area (Å²) in [5.41, 5.74) is 0. The first-order valence-corrected chi connectivity index (χ1v) is 3.09. The Morgan fingerprint density at radius 2 is 2.12 bits per heavy atom. The Kier molecular flexibility index (Phi) is 3.24. The molecule has 0 rings (SSSR count). The molecular formula is C3H6AlNO3. The molecule has 0 aromatic rings. The number of aliphatic carboxylic acids is 1. The van der Waals surface area contributed by atoms with E-state index in [9.17, 15) is 9.59 Å². The Bertz CT molecular complexity index is 99.1. The van der Waals surface area contributed by atoms with Gasteiger partial charge in [0, 0.05) is 0 Å². The zero-order valence-electron chi connectivity index (χ0n) is 4.47. The summed E-state index contributed by atoms with van der Waals surface area (Å²) in [4.78, 5) is 19.7. The fourth-order valence-corrected chi connectivity index (χ4v) is 0.377. The number of carbonyl (C=O) groups is 2. The number of rotatable bonds is 2. The summed E-state index contributed by atoms with van der Waals surface area (Å²) in [5.74, 6) is -1.01. The molecule has 0 saturated heterocycles. The van der Waals surface area contributed by atoms with Gasteiger partial charge in [0.2, 0.25) is 0 Å². The third-order valence-corrected chi connectivity index (χ3v) is 0.842. The Morgan fingerprint density at radius 3 is 2.25 bits per heavy atom. The van der Waals surface area contributed by atoms with Crippen molar-refractivity contribution >= 4 is 27.0 Å². The fourth-order valence-electron chi connectivity index (χ4n) is 0.200. The van der Waals surface area contributed by atoms with Crippen molar-refractivity contribution in [3.8, 4) is 0 Å². The van der Waals surface area contributed by atoms with E-state index in [0.717, 1.165) is 0 Å². The summed E-state index contributed by atoms with van der Waals surface area (Å²) in [6.45, 7) is -0.262. The average Bonchev–Trinajstić information content (AvgIpc) is 1.61. The van der Waals surface area contributed by atoms with Crippen LogP contribution in [0.3, 0.4) is 0 Å². The van der Waals surface area contributed by atoms with Crippen LogP contribution in [0.4, 0.5) is 4.79 Å². The molecule has 0 aliphatic heterocycles. The van der Waals surface area contributed by atoms with Gasteiger partial charge in [-0.25, -0.2) is 0 Å². The van der Waals surface area contributed by atoms with E-state index in [1.807, 2.05) is 0 Å². The van der Waals surface area contributed by atoms with Gasteiger partial charge in [0.05, 0.1) is 0 Å². The molecule has 8 heavy (non-hydrogen) atoms. The van der Waals surface area contributed by atoms with Crippen molar-refractivity contribution in [3.05, 3.63) is 0 Å². The molecule has 0 aliphatic rings. The Labute approximate surface area is 54.3 Å². The minimum absolute atomic E-state index is 0.188. The molecule has 0 spiro atoms. The van der Waals surface area contributed by atoms with Crippen LogP contribution in [0.15, 0.2) is 0 Å². The van der Waals surface area contributed by atoms with Gasteiger partial charge in [-0.3, -0.25) is 9.59 Å². The van der Waals surface area contributed by atoms with Gasteiger partial charge in [-0.05, 0) is 0 Å². The number of amides is 1. The number of carboxylic acids is 1. The molecular weight excluding hydrogens is 125 g/mol. The van der Waals surface area contributed by atoms with E-state index < -0.39 is 5.97 Å². The van der Waals surface area contributed by atoms with Gasteiger partial charge in [0.15, 0.2) is 0 Å². The van der Waals surface area contributed by atoms with Crippen molar-refractivity contribution in [2.45, 2.75) is 0 Å². The second-order valence-corrected chi connectivity index (χ2v) is 2.21. The number of carboxylic acid groups (broad SMARTS) is 1. The first-order valence-electron chi connectivity index (χ1n) is 2.09. The maximum Gasteiger partial charge on any atom is 0.354 e. The summed E-state index contributed by atoms with van der Waals surface area (Å²) in [5, 5.41) is 10.1. The molecule has 0 radical (unpaired) electrons. The second kappa shape index (κ2) is 3.47. The van der Waals surface area contributed by atoms with Gasteiger partial charge in [0.1, 0.15) is 11.3 Å². The first-order chi connectivity index (χ1) is 3.63. The van der Waals surface area contributed by atoms with Crippen molar-refractivity contribution < 1.29 is 14.7 Å². The lowest BCUT2D eigenvalue weighted by molar-refractivity contribution is -0.135. The molecule has 0 unspecified atom stereocenters. The van der Waals surface area contributed by atoms with Crippen LogP contribution in [0.1, 0.15) is 0 Å². The molecule has 1 amide bonds. The molecule has 0 aliphatic carbocycles. The highest BCUT2D eigenvalue weighted by Crippen LogP contribution is 1.59. The molecule has 0 fully saturated rings. The van der Waals surface area contributed by atoms with Gasteiger partial charge in [-0.2, -0.15) is 0 Å². The standard InChI is InChI=1S/C3H4NO3.Al.2H/c5-2-4-1-3(6)7;;;/h1H2,(H,4,5)(H,6,7);;;. The maximum absolute atomic E-state index is 10.0. The second-order valence-electron chi connectivity index (χ2n) is 1.30. The Hall–Kier alpha value is -0.528. The zero-order chi connectivity index (χ0) is 6.57. The molecule has 0 heterocycles. The van der Waals surface area contributed by atoms with Crippen molar-refractivity contribution in [1.82, 2.24) is 5.32 Å². The molecule has 44 valence electrons. The van der Waals surface area contributed by atoms with Gasteiger partial charge < -0.3 is 10.4 Å². The topological polar surface area (TPSA) is 66.4 Å². The van der Waals surface area contributed by atoms with E-state index in [1.54, 1.807) is 0 Å². The van der Waals surface area contributed by atoms with Crippen LogP contribution < -0.4 is 5.32 Å². The van der Waals surface area contributed by atoms with Crippen molar-refractivity contribution in [3.63, 3.8) is 0 Å². The van der Waals surface area contributed by atoms with E-state index in [-0.39, 0.29) is 11.3 Å². The van der Waals surface area contributed by atoms with Crippen LogP contribution in [0.25, 0.3) is 0 Å². The normalized spacial score (nSPS) is 8.00. The highest BCUT2D eigenvalue weighted by molar-refractivity contribution is 6.57. The lowest BCUT2D eigenvalue weighted by Gasteiger charge is -1.93. The van der Waals surface area contributed by atoms with Crippen molar-refractivity contribution in [1.29, 1.82) is 0 Å². The van der Waals surface area contributed by atoms with Crippen LogP contribution in [0.2, 0.25) is 0 Å². The minimum atomic E-state index is -1.01. The third-order valence-electron chi connectivity index (χ3n) is 0.489. The lowest BCUT2D eigenvalue weighted by atomic mass is 10.7. The van der Waals surface area contributed by atoms with E-state index in [4.69, 9.17) is 5.11 Å². The van der Waals surface area contributed by atoms with Crippen LogP contribution >= 0.6 is 0 Å². The highest BCUT2D eigenvalue weighted by atomic mass is 27.0. The molecule has 0 saturated carbocycles. The smallest absolute Gasteiger partial charge is 0.354 e. The molecule has 0 bridgehead atoms. The largest absolute Gasteiger partial charge is 0.480 e. The quantitative estimate of drug-likeness (QED) is 0.444. The summed E-state index contributed by atoms with van der Waals surface area (Å²) in [6.07, 6.45) is 0. The molecule has 2 N–H and O–H groups in total. The number of carbonyl (C=O) groups excluding carboxylic acids is 1. The predicted octanol–water partition coefficient (Wildman–Crippen LogP) is -1.59. The van der Waals surface area contributed by atoms with E-state index in [1.165, 1.54) is 0 Å². The van der Waals surface area contributed by atoms with Crippen LogP contribution in [-0.4, -0.2) is 38.7 Å². The number of nitrogens with one attached hydrogen (secondary N) is 1. The zero-order valence-corrected chi connectivity index (χ0v) is 6.47. The Morgan fingerprint density at radius 1 is 1.62 bits per heavy atom. The average molecular weight is 131 g/mol. The summed E-state index contributed by atoms with van der Waals surface area (Å²) < 4.78 is -0.188. The molecule has 0 aromatic heterocycles. The SMILES string of the molecule is O=C(O)CN[C](=O)[AlH2]. The van der Waals surface area contributed by atoms with E-state index >= 15 is 0 Å². The molecule has 5 heteroatoms. The maximum atomic E-state index is 10.0. The van der Waals surface area contributed by atoms with E-state index in [2.05, 4.69) is 5.32 Å². The summed E-state index contributed by atoms with van der Waals surface area (Å²) >= 11 is 0.361. The minimum Gasteiger partial charge on any atom is -0.480 e. The summed E-state index contributed by atoms with van der Waals surface area (Å²) in [6, 6.07) is 0.